The molecule has 1 N–H and O–H groups in total. The van der Waals surface area contributed by atoms with Crippen LogP contribution >= 0.6 is 46.4 Å². The molecule has 0 heterocycles. The average molecular weight is 409 g/mol. The number of hydrogen-bond acceptors (Lipinski definition) is 3. The molecule has 0 aliphatic heterocycles. The molecule has 0 bridgehead atoms. The van der Waals surface area contributed by atoms with E-state index in [1.807, 2.05) is 0 Å². The SMILES string of the molecule is COc1ccc(Cl)cc1NC(=O)[C@@H](C)Oc1cc(Cl)c(Cl)cc1Cl. The fraction of sp³-hybridized carbons (Fsp3) is 0.188. The van der Waals surface area contributed by atoms with Gasteiger partial charge < -0.3 is 14.8 Å². The van der Waals surface area contributed by atoms with Crippen LogP contribution in [0.2, 0.25) is 20.1 Å². The zero-order valence-corrected chi connectivity index (χ0v) is 15.7. The van der Waals surface area contributed by atoms with Gasteiger partial charge in [0.25, 0.3) is 5.91 Å². The lowest BCUT2D eigenvalue weighted by atomic mass is 10.2. The van der Waals surface area contributed by atoms with E-state index in [1.165, 1.54) is 19.2 Å². The van der Waals surface area contributed by atoms with Crippen LogP contribution in [-0.2, 0) is 4.79 Å². The molecule has 4 nitrogen and oxygen atoms in total. The molecule has 0 aromatic heterocycles. The lowest BCUT2D eigenvalue weighted by Gasteiger charge is -2.17. The second-order valence-electron chi connectivity index (χ2n) is 4.79. The molecule has 2 aromatic carbocycles. The van der Waals surface area contributed by atoms with Gasteiger partial charge in [0.05, 0.1) is 27.9 Å². The number of rotatable bonds is 5. The Bertz CT molecular complexity index is 767. The average Bonchev–Trinajstić information content (AvgIpc) is 2.52. The predicted molar refractivity (Wildman–Crippen MR) is 98.2 cm³/mol. The number of amides is 1. The monoisotopic (exact) mass is 407 g/mol. The van der Waals surface area contributed by atoms with Crippen molar-refractivity contribution in [2.24, 2.45) is 0 Å². The number of methoxy groups -OCH3 is 1. The summed E-state index contributed by atoms with van der Waals surface area (Å²) in [6, 6.07) is 7.79. The summed E-state index contributed by atoms with van der Waals surface area (Å²) in [5, 5.41) is 3.99. The largest absolute Gasteiger partial charge is 0.495 e. The second-order valence-corrected chi connectivity index (χ2v) is 6.45. The van der Waals surface area contributed by atoms with Gasteiger partial charge in [-0.1, -0.05) is 46.4 Å². The van der Waals surface area contributed by atoms with Gasteiger partial charge in [0.15, 0.2) is 6.10 Å². The van der Waals surface area contributed by atoms with Crippen molar-refractivity contribution in [2.75, 3.05) is 12.4 Å². The molecule has 0 aliphatic rings. The van der Waals surface area contributed by atoms with Crippen molar-refractivity contribution in [2.45, 2.75) is 13.0 Å². The molecule has 0 radical (unpaired) electrons. The zero-order chi connectivity index (χ0) is 17.9. The van der Waals surface area contributed by atoms with Crippen LogP contribution < -0.4 is 14.8 Å². The molecule has 1 atom stereocenters. The molecule has 128 valence electrons. The van der Waals surface area contributed by atoms with Crippen molar-refractivity contribution in [3.05, 3.63) is 50.4 Å². The maximum atomic E-state index is 12.3. The molecular weight excluding hydrogens is 396 g/mol. The van der Waals surface area contributed by atoms with Crippen molar-refractivity contribution in [1.29, 1.82) is 0 Å². The second kappa shape index (κ2) is 8.17. The quantitative estimate of drug-likeness (QED) is 0.644. The van der Waals surface area contributed by atoms with Gasteiger partial charge in [0.2, 0.25) is 0 Å². The van der Waals surface area contributed by atoms with Crippen molar-refractivity contribution < 1.29 is 14.3 Å². The van der Waals surface area contributed by atoms with Gasteiger partial charge in [-0.25, -0.2) is 0 Å². The van der Waals surface area contributed by atoms with Crippen LogP contribution in [0.5, 0.6) is 11.5 Å². The maximum absolute atomic E-state index is 12.3. The number of anilines is 1. The van der Waals surface area contributed by atoms with Crippen LogP contribution in [0.3, 0.4) is 0 Å². The van der Waals surface area contributed by atoms with Gasteiger partial charge in [-0.15, -0.1) is 0 Å². The van der Waals surface area contributed by atoms with Gasteiger partial charge in [-0.3, -0.25) is 4.79 Å². The first-order valence-corrected chi connectivity index (χ1v) is 8.28. The molecular formula is C16H13Cl4NO3. The Morgan fingerprint density at radius 1 is 1.00 bits per heavy atom. The molecule has 0 unspecified atom stereocenters. The molecule has 8 heteroatoms. The molecule has 0 aliphatic carbocycles. The summed E-state index contributed by atoms with van der Waals surface area (Å²) in [6.45, 7) is 1.57. The van der Waals surface area contributed by atoms with E-state index in [-0.39, 0.29) is 15.8 Å². The normalized spacial score (nSPS) is 11.8. The van der Waals surface area contributed by atoms with E-state index in [9.17, 15) is 4.79 Å². The minimum atomic E-state index is -0.844. The topological polar surface area (TPSA) is 47.6 Å². The number of nitrogens with one attached hydrogen (secondary N) is 1. The van der Waals surface area contributed by atoms with Crippen molar-refractivity contribution in [3.63, 3.8) is 0 Å². The highest BCUT2D eigenvalue weighted by Crippen LogP contribution is 2.34. The zero-order valence-electron chi connectivity index (χ0n) is 12.7. The maximum Gasteiger partial charge on any atom is 0.265 e. The highest BCUT2D eigenvalue weighted by atomic mass is 35.5. The Balaban J connectivity index is 2.13. The molecule has 24 heavy (non-hydrogen) atoms. The van der Waals surface area contributed by atoms with Crippen LogP contribution in [0.15, 0.2) is 30.3 Å². The smallest absolute Gasteiger partial charge is 0.265 e. The number of benzene rings is 2. The Morgan fingerprint density at radius 2 is 1.67 bits per heavy atom. The highest BCUT2D eigenvalue weighted by Gasteiger charge is 2.19. The van der Waals surface area contributed by atoms with E-state index in [2.05, 4.69) is 5.32 Å². The summed E-state index contributed by atoms with van der Waals surface area (Å²) >= 11 is 23.8. The first-order valence-electron chi connectivity index (χ1n) is 6.77. The number of carbonyl (C=O) groups excluding carboxylic acids is 1. The van der Waals surface area contributed by atoms with Crippen molar-refractivity contribution >= 4 is 58.0 Å². The summed E-state index contributed by atoms with van der Waals surface area (Å²) < 4.78 is 10.7. The Morgan fingerprint density at radius 3 is 2.33 bits per heavy atom. The van der Waals surface area contributed by atoms with Crippen LogP contribution in [0.25, 0.3) is 0 Å². The van der Waals surface area contributed by atoms with E-state index in [4.69, 9.17) is 55.9 Å². The minimum absolute atomic E-state index is 0.254. The molecule has 2 aromatic rings. The molecule has 0 saturated heterocycles. The molecule has 0 spiro atoms. The third kappa shape index (κ3) is 4.61. The van der Waals surface area contributed by atoms with E-state index in [0.29, 0.717) is 21.5 Å². The van der Waals surface area contributed by atoms with Gasteiger partial charge in [-0.2, -0.15) is 0 Å². The molecule has 2 rings (SSSR count). The van der Waals surface area contributed by atoms with Gasteiger partial charge in [0, 0.05) is 11.1 Å². The number of carbonyl (C=O) groups is 1. The number of ether oxygens (including phenoxy) is 2. The van der Waals surface area contributed by atoms with Crippen LogP contribution in [0, 0.1) is 0 Å². The van der Waals surface area contributed by atoms with Crippen LogP contribution in [0.1, 0.15) is 6.92 Å². The summed E-state index contributed by atoms with van der Waals surface area (Å²) in [6.07, 6.45) is -0.844. The summed E-state index contributed by atoms with van der Waals surface area (Å²) in [4.78, 5) is 12.3. The van der Waals surface area contributed by atoms with Gasteiger partial charge in [0.1, 0.15) is 11.5 Å². The lowest BCUT2D eigenvalue weighted by molar-refractivity contribution is -0.122. The van der Waals surface area contributed by atoms with Gasteiger partial charge >= 0.3 is 0 Å². The molecule has 0 fully saturated rings. The fourth-order valence-corrected chi connectivity index (χ4v) is 2.60. The predicted octanol–water partition coefficient (Wildman–Crippen LogP) is 5.71. The van der Waals surface area contributed by atoms with Gasteiger partial charge in [-0.05, 0) is 31.2 Å². The van der Waals surface area contributed by atoms with E-state index >= 15 is 0 Å². The lowest BCUT2D eigenvalue weighted by Crippen LogP contribution is -2.30. The Hall–Kier alpha value is -1.33. The van der Waals surface area contributed by atoms with Crippen molar-refractivity contribution in [3.8, 4) is 11.5 Å². The summed E-state index contributed by atoms with van der Waals surface area (Å²) in [7, 11) is 1.49. The number of hydrogen-bond donors (Lipinski definition) is 1. The van der Waals surface area contributed by atoms with Crippen LogP contribution in [-0.4, -0.2) is 19.1 Å². The van der Waals surface area contributed by atoms with Crippen molar-refractivity contribution in [1.82, 2.24) is 0 Å². The summed E-state index contributed by atoms with van der Waals surface area (Å²) in [5.74, 6) is 0.331. The standard InChI is InChI=1S/C16H13Cl4NO3/c1-8(24-15-7-11(19)10(18)6-12(15)20)16(22)21-13-5-9(17)3-4-14(13)23-2/h3-8H,1-2H3,(H,21,22)/t8-/m1/s1. The summed E-state index contributed by atoms with van der Waals surface area (Å²) in [5.41, 5.74) is 0.436. The highest BCUT2D eigenvalue weighted by molar-refractivity contribution is 6.43. The first kappa shape index (κ1) is 19.0. The van der Waals surface area contributed by atoms with Crippen LogP contribution in [0.4, 0.5) is 5.69 Å². The third-order valence-corrected chi connectivity index (χ3v) is 4.32. The van der Waals surface area contributed by atoms with E-state index in [1.54, 1.807) is 25.1 Å². The minimum Gasteiger partial charge on any atom is -0.495 e. The fourth-order valence-electron chi connectivity index (χ4n) is 1.85. The molecule has 0 saturated carbocycles. The Labute approximate surface area is 159 Å². The van der Waals surface area contributed by atoms with E-state index in [0.717, 1.165) is 0 Å². The van der Waals surface area contributed by atoms with E-state index < -0.39 is 12.0 Å². The first-order chi connectivity index (χ1) is 11.3. The Kier molecular flexibility index (Phi) is 6.47. The number of halogens is 4. The third-order valence-electron chi connectivity index (χ3n) is 3.07. The molecule has 1 amide bonds.